The number of carbonyl (C=O) groups excluding carboxylic acids is 1. The summed E-state index contributed by atoms with van der Waals surface area (Å²) in [6.07, 6.45) is 19.8. The lowest BCUT2D eigenvalue weighted by atomic mass is 9.96. The van der Waals surface area contributed by atoms with Gasteiger partial charge in [0.2, 0.25) is 0 Å². The van der Waals surface area contributed by atoms with Crippen LogP contribution in [0.25, 0.3) is 0 Å². The molecule has 0 aliphatic heterocycles. The van der Waals surface area contributed by atoms with Crippen molar-refractivity contribution in [3.05, 3.63) is 0 Å². The summed E-state index contributed by atoms with van der Waals surface area (Å²) in [6.45, 7) is 7.28. The number of rotatable bonds is 18. The normalized spacial score (nSPS) is 12.3. The van der Waals surface area contributed by atoms with Crippen LogP contribution in [-0.4, -0.2) is 12.6 Å². The maximum atomic E-state index is 12.2. The van der Waals surface area contributed by atoms with E-state index in [4.69, 9.17) is 4.74 Å². The molecule has 0 rings (SSSR count). The van der Waals surface area contributed by atoms with Gasteiger partial charge >= 0.3 is 5.97 Å². The monoisotopic (exact) mass is 340 g/mol. The molecule has 0 radical (unpaired) electrons. The Labute approximate surface area is 152 Å². The fourth-order valence-corrected chi connectivity index (χ4v) is 3.25. The van der Waals surface area contributed by atoms with Crippen molar-refractivity contribution in [2.45, 2.75) is 124 Å². The number of ether oxygens (including phenoxy) is 1. The Kier molecular flexibility index (Phi) is 18.4. The van der Waals surface area contributed by atoms with Crippen molar-refractivity contribution in [3.8, 4) is 0 Å². The summed E-state index contributed by atoms with van der Waals surface area (Å²) in [5.41, 5.74) is 0. The number of carbonyl (C=O) groups is 1. The van der Waals surface area contributed by atoms with Gasteiger partial charge in [0.15, 0.2) is 0 Å². The van der Waals surface area contributed by atoms with Crippen molar-refractivity contribution < 1.29 is 9.53 Å². The molecule has 1 atom stereocenters. The summed E-state index contributed by atoms with van der Waals surface area (Å²) in [4.78, 5) is 12.2. The molecule has 0 N–H and O–H groups in total. The molecule has 24 heavy (non-hydrogen) atoms. The van der Waals surface area contributed by atoms with E-state index in [2.05, 4.69) is 20.8 Å². The first-order valence-corrected chi connectivity index (χ1v) is 10.9. The minimum atomic E-state index is 0.0651. The van der Waals surface area contributed by atoms with E-state index >= 15 is 0 Å². The maximum absolute atomic E-state index is 12.2. The fraction of sp³-hybridized carbons (Fsp3) is 0.955. The summed E-state index contributed by atoms with van der Waals surface area (Å²) in [6, 6.07) is 0. The summed E-state index contributed by atoms with van der Waals surface area (Å²) in [5, 5.41) is 0. The fourth-order valence-electron chi connectivity index (χ4n) is 3.25. The minimum Gasteiger partial charge on any atom is -0.465 e. The van der Waals surface area contributed by atoms with Crippen molar-refractivity contribution in [3.63, 3.8) is 0 Å². The van der Waals surface area contributed by atoms with E-state index in [1.54, 1.807) is 0 Å². The Balaban J connectivity index is 3.68. The molecule has 0 aliphatic rings. The molecular formula is C22H44O2. The molecule has 0 saturated heterocycles. The Morgan fingerprint density at radius 2 is 1.12 bits per heavy atom. The third-order valence-corrected chi connectivity index (χ3v) is 4.87. The number of esters is 1. The second-order valence-electron chi connectivity index (χ2n) is 7.33. The maximum Gasteiger partial charge on any atom is 0.308 e. The zero-order valence-corrected chi connectivity index (χ0v) is 16.9. The van der Waals surface area contributed by atoms with Crippen molar-refractivity contribution in [1.29, 1.82) is 0 Å². The van der Waals surface area contributed by atoms with Crippen molar-refractivity contribution in [2.75, 3.05) is 6.61 Å². The van der Waals surface area contributed by atoms with Crippen LogP contribution in [0, 0.1) is 5.92 Å². The van der Waals surface area contributed by atoms with Gasteiger partial charge in [-0.05, 0) is 19.3 Å². The molecule has 0 heterocycles. The highest BCUT2D eigenvalue weighted by Gasteiger charge is 2.18. The lowest BCUT2D eigenvalue weighted by Gasteiger charge is -2.15. The molecule has 0 aromatic carbocycles. The average molecular weight is 341 g/mol. The van der Waals surface area contributed by atoms with E-state index in [0.717, 1.165) is 25.7 Å². The van der Waals surface area contributed by atoms with E-state index in [1.807, 2.05) is 0 Å². The number of hydrogen-bond acceptors (Lipinski definition) is 2. The Morgan fingerprint density at radius 1 is 0.625 bits per heavy atom. The minimum absolute atomic E-state index is 0.0651. The van der Waals surface area contributed by atoms with Gasteiger partial charge < -0.3 is 4.74 Å². The topological polar surface area (TPSA) is 26.3 Å². The number of unbranched alkanes of at least 4 members (excludes halogenated alkanes) is 11. The first kappa shape index (κ1) is 23.5. The summed E-state index contributed by atoms with van der Waals surface area (Å²) in [5.74, 6) is 0.209. The van der Waals surface area contributed by atoms with Gasteiger partial charge in [0, 0.05) is 0 Å². The Bertz CT molecular complexity index is 263. The highest BCUT2D eigenvalue weighted by atomic mass is 16.5. The van der Waals surface area contributed by atoms with Crippen LogP contribution in [0.2, 0.25) is 0 Å². The third-order valence-electron chi connectivity index (χ3n) is 4.87. The van der Waals surface area contributed by atoms with Crippen LogP contribution in [0.5, 0.6) is 0 Å². The molecule has 0 aromatic rings. The van der Waals surface area contributed by atoms with Crippen LogP contribution < -0.4 is 0 Å². The van der Waals surface area contributed by atoms with Gasteiger partial charge in [0.25, 0.3) is 0 Å². The van der Waals surface area contributed by atoms with Gasteiger partial charge in [-0.1, -0.05) is 104 Å². The first-order valence-electron chi connectivity index (χ1n) is 10.9. The SMILES string of the molecule is CCCCCCCCCCC(CCC)C(=O)OCCCCCCC. The van der Waals surface area contributed by atoms with Gasteiger partial charge in [0.1, 0.15) is 0 Å². The predicted molar refractivity (Wildman–Crippen MR) is 105 cm³/mol. The van der Waals surface area contributed by atoms with Crippen molar-refractivity contribution in [2.24, 2.45) is 5.92 Å². The van der Waals surface area contributed by atoms with Crippen LogP contribution in [0.1, 0.15) is 124 Å². The standard InChI is InChI=1S/C22H44O2/c1-4-7-9-11-12-13-14-16-19-21(18-6-3)22(23)24-20-17-15-10-8-5-2/h21H,4-20H2,1-3H3. The summed E-state index contributed by atoms with van der Waals surface area (Å²) >= 11 is 0. The summed E-state index contributed by atoms with van der Waals surface area (Å²) in [7, 11) is 0. The number of hydrogen-bond donors (Lipinski definition) is 0. The van der Waals surface area contributed by atoms with Crippen LogP contribution in [-0.2, 0) is 9.53 Å². The first-order chi connectivity index (χ1) is 11.8. The molecular weight excluding hydrogens is 296 g/mol. The highest BCUT2D eigenvalue weighted by Crippen LogP contribution is 2.19. The molecule has 0 aliphatic carbocycles. The molecule has 0 amide bonds. The smallest absolute Gasteiger partial charge is 0.308 e. The second kappa shape index (κ2) is 18.8. The third kappa shape index (κ3) is 15.0. The lowest BCUT2D eigenvalue weighted by Crippen LogP contribution is -2.18. The molecule has 0 bridgehead atoms. The van der Waals surface area contributed by atoms with Crippen LogP contribution >= 0.6 is 0 Å². The summed E-state index contributed by atoms with van der Waals surface area (Å²) < 4.78 is 5.52. The van der Waals surface area contributed by atoms with Gasteiger partial charge in [-0.2, -0.15) is 0 Å². The molecule has 0 aromatic heterocycles. The Hall–Kier alpha value is -0.530. The average Bonchev–Trinajstić information content (AvgIpc) is 2.59. The molecule has 2 nitrogen and oxygen atoms in total. The predicted octanol–water partition coefficient (Wildman–Crippen LogP) is 7.45. The van der Waals surface area contributed by atoms with E-state index in [9.17, 15) is 4.79 Å². The zero-order valence-electron chi connectivity index (χ0n) is 16.9. The molecule has 144 valence electrons. The largest absolute Gasteiger partial charge is 0.465 e. The van der Waals surface area contributed by atoms with Crippen molar-refractivity contribution >= 4 is 5.97 Å². The molecule has 0 saturated carbocycles. The van der Waals surface area contributed by atoms with Gasteiger partial charge in [-0.3, -0.25) is 4.79 Å². The Morgan fingerprint density at radius 3 is 1.67 bits per heavy atom. The van der Waals surface area contributed by atoms with Crippen LogP contribution in [0.3, 0.4) is 0 Å². The van der Waals surface area contributed by atoms with Crippen LogP contribution in [0.15, 0.2) is 0 Å². The molecule has 1 unspecified atom stereocenters. The van der Waals surface area contributed by atoms with E-state index in [-0.39, 0.29) is 11.9 Å². The second-order valence-corrected chi connectivity index (χ2v) is 7.33. The van der Waals surface area contributed by atoms with Gasteiger partial charge in [-0.15, -0.1) is 0 Å². The van der Waals surface area contributed by atoms with E-state index in [1.165, 1.54) is 77.0 Å². The van der Waals surface area contributed by atoms with Crippen LogP contribution in [0.4, 0.5) is 0 Å². The zero-order chi connectivity index (χ0) is 17.9. The van der Waals surface area contributed by atoms with Gasteiger partial charge in [-0.25, -0.2) is 0 Å². The molecule has 0 spiro atoms. The lowest BCUT2D eigenvalue weighted by molar-refractivity contribution is -0.149. The van der Waals surface area contributed by atoms with E-state index < -0.39 is 0 Å². The van der Waals surface area contributed by atoms with E-state index in [0.29, 0.717) is 6.61 Å². The van der Waals surface area contributed by atoms with Gasteiger partial charge in [0.05, 0.1) is 12.5 Å². The molecule has 2 heteroatoms. The molecule has 0 fully saturated rings. The quantitative estimate of drug-likeness (QED) is 0.191. The van der Waals surface area contributed by atoms with Crippen molar-refractivity contribution in [1.82, 2.24) is 0 Å². The highest BCUT2D eigenvalue weighted by molar-refractivity contribution is 5.72.